The number of rotatable bonds is 4. The van der Waals surface area contributed by atoms with E-state index in [1.807, 2.05) is 6.92 Å². The van der Waals surface area contributed by atoms with Gasteiger partial charge in [0.05, 0.1) is 11.3 Å². The lowest BCUT2D eigenvalue weighted by molar-refractivity contribution is 0.0698. The Labute approximate surface area is 98.8 Å². The minimum absolute atomic E-state index is 0.189. The normalized spacial score (nSPS) is 9.31. The molecule has 0 aliphatic rings. The minimum atomic E-state index is -0.987. The van der Waals surface area contributed by atoms with Crippen LogP contribution in [0, 0.1) is 0 Å². The lowest BCUT2D eigenvalue weighted by Gasteiger charge is -2.12. The molecule has 1 aromatic rings. The Morgan fingerprint density at radius 2 is 2.12 bits per heavy atom. The largest absolute Gasteiger partial charge is 0.478 e. The topological polar surface area (TPSA) is 73.4 Å². The van der Waals surface area contributed by atoms with Gasteiger partial charge in [-0.3, -0.25) is 10.9 Å². The summed E-state index contributed by atoms with van der Waals surface area (Å²) in [5.41, 5.74) is 6.10. The molecule has 0 bridgehead atoms. The van der Waals surface area contributed by atoms with E-state index in [9.17, 15) is 4.79 Å². The summed E-state index contributed by atoms with van der Waals surface area (Å²) in [5.74, 6) is -0.987. The van der Waals surface area contributed by atoms with Gasteiger partial charge in [-0.15, -0.1) is 0 Å². The molecule has 0 fully saturated rings. The minimum Gasteiger partial charge on any atom is -0.478 e. The molecule has 0 amide bonds. The molecule has 0 saturated heterocycles. The molecule has 0 spiro atoms. The maximum atomic E-state index is 10.9. The van der Waals surface area contributed by atoms with Gasteiger partial charge in [-0.25, -0.2) is 4.79 Å². The van der Waals surface area contributed by atoms with Crippen molar-refractivity contribution in [3.63, 3.8) is 0 Å². The van der Waals surface area contributed by atoms with Crippen molar-refractivity contribution in [3.05, 3.63) is 29.8 Å². The maximum Gasteiger partial charge on any atom is 0.337 e. The average molecular weight is 239 g/mol. The Kier molecular flexibility index (Phi) is 4.53. The summed E-state index contributed by atoms with van der Waals surface area (Å²) in [6.45, 7) is 2.62. The number of carbonyl (C=O) groups is 1. The standard InChI is InChI=1S/C10H13N3O2S/c1-2-11-10(16)13-12-8-6-4-3-5-7(8)9(14)15/h3-6,12H,2H2,1H3,(H,14,15)(H2,11,13,16). The van der Waals surface area contributed by atoms with Gasteiger partial charge in [0.15, 0.2) is 5.11 Å². The Morgan fingerprint density at radius 3 is 2.75 bits per heavy atom. The van der Waals surface area contributed by atoms with Crippen molar-refractivity contribution in [1.82, 2.24) is 10.7 Å². The third-order valence-electron chi connectivity index (χ3n) is 1.81. The fraction of sp³-hybridized carbons (Fsp3) is 0.200. The zero-order valence-electron chi connectivity index (χ0n) is 8.78. The van der Waals surface area contributed by atoms with E-state index in [4.69, 9.17) is 17.3 Å². The molecule has 1 aromatic carbocycles. The van der Waals surface area contributed by atoms with Crippen LogP contribution in [-0.2, 0) is 0 Å². The first-order chi connectivity index (χ1) is 7.65. The monoisotopic (exact) mass is 239 g/mol. The molecular weight excluding hydrogens is 226 g/mol. The molecule has 0 aliphatic heterocycles. The van der Waals surface area contributed by atoms with Gasteiger partial charge in [-0.2, -0.15) is 0 Å². The van der Waals surface area contributed by atoms with E-state index < -0.39 is 5.97 Å². The third-order valence-corrected chi connectivity index (χ3v) is 2.05. The Bertz CT molecular complexity index is 395. The number of hydrogen-bond acceptors (Lipinski definition) is 3. The Hall–Kier alpha value is -1.82. The molecule has 0 atom stereocenters. The predicted molar refractivity (Wildman–Crippen MR) is 66.4 cm³/mol. The van der Waals surface area contributed by atoms with E-state index in [-0.39, 0.29) is 5.56 Å². The molecule has 0 heterocycles. The molecule has 16 heavy (non-hydrogen) atoms. The lowest BCUT2D eigenvalue weighted by atomic mass is 10.2. The van der Waals surface area contributed by atoms with Gasteiger partial charge in [0, 0.05) is 6.54 Å². The van der Waals surface area contributed by atoms with Crippen molar-refractivity contribution < 1.29 is 9.90 Å². The Morgan fingerprint density at radius 1 is 1.44 bits per heavy atom. The number of thiocarbonyl (C=S) groups is 1. The van der Waals surface area contributed by atoms with E-state index in [0.717, 1.165) is 0 Å². The van der Waals surface area contributed by atoms with Gasteiger partial charge in [0.25, 0.3) is 0 Å². The number of hydrogen-bond donors (Lipinski definition) is 4. The van der Waals surface area contributed by atoms with Gasteiger partial charge in [0.2, 0.25) is 0 Å². The summed E-state index contributed by atoms with van der Waals surface area (Å²) in [5, 5.41) is 12.2. The van der Waals surface area contributed by atoms with Crippen LogP contribution in [0.5, 0.6) is 0 Å². The molecular formula is C10H13N3O2S. The summed E-state index contributed by atoms with van der Waals surface area (Å²) in [7, 11) is 0. The fourth-order valence-corrected chi connectivity index (χ4v) is 1.30. The fourth-order valence-electron chi connectivity index (χ4n) is 1.11. The molecule has 4 N–H and O–H groups in total. The van der Waals surface area contributed by atoms with Crippen LogP contribution < -0.4 is 16.2 Å². The summed E-state index contributed by atoms with van der Waals surface area (Å²) >= 11 is 4.93. The van der Waals surface area contributed by atoms with Crippen molar-refractivity contribution in [2.24, 2.45) is 0 Å². The summed E-state index contributed by atoms with van der Waals surface area (Å²) in [6, 6.07) is 6.58. The molecule has 6 heteroatoms. The predicted octanol–water partition coefficient (Wildman–Crippen LogP) is 1.20. The summed E-state index contributed by atoms with van der Waals surface area (Å²) in [4.78, 5) is 10.9. The van der Waals surface area contributed by atoms with Crippen molar-refractivity contribution in [3.8, 4) is 0 Å². The van der Waals surface area contributed by atoms with Gasteiger partial charge in [-0.1, -0.05) is 12.1 Å². The second kappa shape index (κ2) is 5.92. The third kappa shape index (κ3) is 3.39. The summed E-state index contributed by atoms with van der Waals surface area (Å²) in [6.07, 6.45) is 0. The highest BCUT2D eigenvalue weighted by atomic mass is 32.1. The second-order valence-electron chi connectivity index (χ2n) is 2.96. The summed E-state index contributed by atoms with van der Waals surface area (Å²) < 4.78 is 0. The Balaban J connectivity index is 2.66. The number of carboxylic acid groups (broad SMARTS) is 1. The molecule has 86 valence electrons. The van der Waals surface area contributed by atoms with Gasteiger partial charge < -0.3 is 10.4 Å². The first-order valence-electron chi connectivity index (χ1n) is 4.77. The van der Waals surface area contributed by atoms with E-state index in [2.05, 4.69) is 16.2 Å². The SMILES string of the molecule is CCNC(=S)NNc1ccccc1C(=O)O. The van der Waals surface area contributed by atoms with Crippen LogP contribution >= 0.6 is 12.2 Å². The van der Waals surface area contributed by atoms with Gasteiger partial charge >= 0.3 is 5.97 Å². The number of nitrogens with one attached hydrogen (secondary N) is 3. The molecule has 0 saturated carbocycles. The molecule has 5 nitrogen and oxygen atoms in total. The van der Waals surface area contributed by atoms with Crippen LogP contribution in [0.15, 0.2) is 24.3 Å². The van der Waals surface area contributed by atoms with Crippen LogP contribution in [0.4, 0.5) is 5.69 Å². The molecule has 0 aliphatic carbocycles. The van der Waals surface area contributed by atoms with Crippen LogP contribution in [0.3, 0.4) is 0 Å². The second-order valence-corrected chi connectivity index (χ2v) is 3.37. The number of hydrazine groups is 1. The molecule has 0 aromatic heterocycles. The van der Waals surface area contributed by atoms with Gasteiger partial charge in [-0.05, 0) is 31.3 Å². The first-order valence-corrected chi connectivity index (χ1v) is 5.18. The van der Waals surface area contributed by atoms with Crippen LogP contribution in [0.25, 0.3) is 0 Å². The van der Waals surface area contributed by atoms with Crippen molar-refractivity contribution in [2.75, 3.05) is 12.0 Å². The maximum absolute atomic E-state index is 10.9. The van der Waals surface area contributed by atoms with E-state index in [1.165, 1.54) is 6.07 Å². The molecule has 0 radical (unpaired) electrons. The number of para-hydroxylation sites is 1. The number of aromatic carboxylic acids is 1. The highest BCUT2D eigenvalue weighted by molar-refractivity contribution is 7.80. The first kappa shape index (κ1) is 12.3. The zero-order valence-corrected chi connectivity index (χ0v) is 9.60. The average Bonchev–Trinajstić information content (AvgIpc) is 2.27. The number of carboxylic acids is 1. The van der Waals surface area contributed by atoms with Crippen LogP contribution in [0.2, 0.25) is 0 Å². The highest BCUT2D eigenvalue weighted by Crippen LogP contribution is 2.13. The lowest BCUT2D eigenvalue weighted by Crippen LogP contribution is -2.38. The van der Waals surface area contributed by atoms with Crippen LogP contribution in [0.1, 0.15) is 17.3 Å². The van der Waals surface area contributed by atoms with E-state index >= 15 is 0 Å². The number of anilines is 1. The smallest absolute Gasteiger partial charge is 0.337 e. The van der Waals surface area contributed by atoms with Gasteiger partial charge in [0.1, 0.15) is 0 Å². The quantitative estimate of drug-likeness (QED) is 0.467. The molecule has 0 unspecified atom stereocenters. The van der Waals surface area contributed by atoms with Crippen molar-refractivity contribution in [2.45, 2.75) is 6.92 Å². The van der Waals surface area contributed by atoms with Crippen molar-refractivity contribution in [1.29, 1.82) is 0 Å². The van der Waals surface area contributed by atoms with E-state index in [1.54, 1.807) is 18.2 Å². The molecule has 1 rings (SSSR count). The van der Waals surface area contributed by atoms with Crippen molar-refractivity contribution >= 4 is 29.0 Å². The number of benzene rings is 1. The van der Waals surface area contributed by atoms with Crippen LogP contribution in [-0.4, -0.2) is 22.7 Å². The van der Waals surface area contributed by atoms with E-state index in [0.29, 0.717) is 17.3 Å². The zero-order chi connectivity index (χ0) is 12.0. The highest BCUT2D eigenvalue weighted by Gasteiger charge is 2.08.